The van der Waals surface area contributed by atoms with Crippen molar-refractivity contribution in [1.29, 1.82) is 0 Å². The molecule has 2 aliphatic rings. The maximum Gasteiger partial charge on any atom is 0.141 e. The van der Waals surface area contributed by atoms with Crippen LogP contribution < -0.4 is 4.90 Å². The van der Waals surface area contributed by atoms with Crippen LogP contribution in [0.25, 0.3) is 21.3 Å². The molecule has 2 fully saturated rings. The Morgan fingerprint density at radius 1 is 1.06 bits per heavy atom. The Bertz CT molecular complexity index is 1240. The summed E-state index contributed by atoms with van der Waals surface area (Å²) in [5.74, 6) is 3.56. The van der Waals surface area contributed by atoms with E-state index < -0.39 is 6.10 Å². The minimum atomic E-state index is -0.523. The topological polar surface area (TPSA) is 67.1 Å². The van der Waals surface area contributed by atoms with Crippen LogP contribution in [0.4, 0.5) is 5.82 Å². The molecular weight excluding hydrogens is 418 g/mol. The number of nitrogens with zero attached hydrogens (tertiary/aromatic N) is 5. The van der Waals surface area contributed by atoms with Gasteiger partial charge >= 0.3 is 0 Å². The minimum absolute atomic E-state index is 0.212. The normalized spacial score (nSPS) is 18.4. The lowest BCUT2D eigenvalue weighted by Gasteiger charge is -2.35. The average Bonchev–Trinajstić information content (AvgIpc) is 3.46. The molecule has 1 aliphatic carbocycles. The van der Waals surface area contributed by atoms with Crippen molar-refractivity contribution in [3.05, 3.63) is 59.8 Å². The Kier molecular flexibility index (Phi) is 4.96. The molecule has 7 heteroatoms. The first kappa shape index (κ1) is 19.9. The van der Waals surface area contributed by atoms with Crippen molar-refractivity contribution in [1.82, 2.24) is 19.5 Å². The van der Waals surface area contributed by atoms with Crippen LogP contribution in [-0.4, -0.2) is 37.7 Å². The fourth-order valence-electron chi connectivity index (χ4n) is 4.82. The number of imidazole rings is 1. The highest BCUT2D eigenvalue weighted by molar-refractivity contribution is 7.17. The Labute approximate surface area is 191 Å². The lowest BCUT2D eigenvalue weighted by atomic mass is 9.90. The molecule has 1 aliphatic heterocycles. The molecule has 1 aromatic carbocycles. The van der Waals surface area contributed by atoms with E-state index in [0.717, 1.165) is 48.2 Å². The number of anilines is 1. The van der Waals surface area contributed by atoms with Crippen LogP contribution in [0.15, 0.2) is 48.1 Å². The fraction of sp³-hybridized carbons (Fsp3) is 0.400. The zero-order valence-corrected chi connectivity index (χ0v) is 19.0. The SMILES string of the molecule is Cn1ccnc1C(O)C1CCN(c2nc(C3CC3)nc3scc(-c4ccccc4)c23)CC1. The molecule has 0 radical (unpaired) electrons. The molecule has 1 N–H and O–H groups in total. The van der Waals surface area contributed by atoms with Gasteiger partial charge in [-0.15, -0.1) is 11.3 Å². The number of hydrogen-bond donors (Lipinski definition) is 1. The second-order valence-corrected chi connectivity index (χ2v) is 9.90. The van der Waals surface area contributed by atoms with Crippen LogP contribution in [0.2, 0.25) is 0 Å². The van der Waals surface area contributed by atoms with E-state index in [1.54, 1.807) is 17.5 Å². The summed E-state index contributed by atoms with van der Waals surface area (Å²) >= 11 is 1.72. The van der Waals surface area contributed by atoms with E-state index in [9.17, 15) is 5.11 Å². The van der Waals surface area contributed by atoms with Gasteiger partial charge in [0.05, 0.1) is 5.39 Å². The highest BCUT2D eigenvalue weighted by atomic mass is 32.1. The number of rotatable bonds is 5. The summed E-state index contributed by atoms with van der Waals surface area (Å²) in [6.07, 6.45) is 7.36. The number of aliphatic hydroxyl groups excluding tert-OH is 1. The zero-order chi connectivity index (χ0) is 21.7. The van der Waals surface area contributed by atoms with Gasteiger partial charge in [-0.2, -0.15) is 0 Å². The second kappa shape index (κ2) is 7.98. The first-order valence-corrected chi connectivity index (χ1v) is 12.3. The predicted molar refractivity (Wildman–Crippen MR) is 128 cm³/mol. The number of aryl methyl sites for hydroxylation is 1. The lowest BCUT2D eigenvalue weighted by Crippen LogP contribution is -2.37. The molecule has 4 heterocycles. The third-order valence-electron chi connectivity index (χ3n) is 6.87. The molecule has 0 spiro atoms. The lowest BCUT2D eigenvalue weighted by molar-refractivity contribution is 0.0824. The van der Waals surface area contributed by atoms with Gasteiger partial charge in [0.25, 0.3) is 0 Å². The first-order chi connectivity index (χ1) is 15.7. The fourth-order valence-corrected chi connectivity index (χ4v) is 5.77. The van der Waals surface area contributed by atoms with Gasteiger partial charge in [0, 0.05) is 49.4 Å². The molecule has 164 valence electrons. The monoisotopic (exact) mass is 445 g/mol. The summed E-state index contributed by atoms with van der Waals surface area (Å²) in [5.41, 5.74) is 2.43. The van der Waals surface area contributed by atoms with E-state index >= 15 is 0 Å². The Morgan fingerprint density at radius 3 is 2.53 bits per heavy atom. The van der Waals surface area contributed by atoms with E-state index in [1.165, 1.54) is 29.4 Å². The van der Waals surface area contributed by atoms with Gasteiger partial charge in [-0.3, -0.25) is 0 Å². The largest absolute Gasteiger partial charge is 0.385 e. The third-order valence-corrected chi connectivity index (χ3v) is 7.74. The Morgan fingerprint density at radius 2 is 1.84 bits per heavy atom. The van der Waals surface area contributed by atoms with Crippen molar-refractivity contribution < 1.29 is 5.11 Å². The van der Waals surface area contributed by atoms with Gasteiger partial charge in [0.1, 0.15) is 28.4 Å². The molecule has 6 nitrogen and oxygen atoms in total. The molecule has 0 amide bonds. The Balaban J connectivity index is 1.33. The summed E-state index contributed by atoms with van der Waals surface area (Å²) in [5, 5.41) is 14.3. The van der Waals surface area contributed by atoms with Crippen molar-refractivity contribution >= 4 is 27.4 Å². The van der Waals surface area contributed by atoms with Crippen molar-refractivity contribution in [3.8, 4) is 11.1 Å². The minimum Gasteiger partial charge on any atom is -0.385 e. The van der Waals surface area contributed by atoms with E-state index in [4.69, 9.17) is 9.97 Å². The maximum atomic E-state index is 10.9. The van der Waals surface area contributed by atoms with Crippen molar-refractivity contribution in [2.75, 3.05) is 18.0 Å². The molecule has 1 saturated carbocycles. The van der Waals surface area contributed by atoms with Gasteiger partial charge in [0.2, 0.25) is 0 Å². The predicted octanol–water partition coefficient (Wildman–Crippen LogP) is 4.92. The second-order valence-electron chi connectivity index (χ2n) is 9.04. The van der Waals surface area contributed by atoms with Crippen molar-refractivity contribution in [3.63, 3.8) is 0 Å². The van der Waals surface area contributed by atoms with E-state index in [-0.39, 0.29) is 5.92 Å². The molecule has 32 heavy (non-hydrogen) atoms. The molecule has 6 rings (SSSR count). The summed E-state index contributed by atoms with van der Waals surface area (Å²) < 4.78 is 1.92. The number of benzene rings is 1. The van der Waals surface area contributed by atoms with Crippen molar-refractivity contribution in [2.24, 2.45) is 13.0 Å². The number of fused-ring (bicyclic) bond motifs is 1. The highest BCUT2D eigenvalue weighted by Crippen LogP contribution is 2.44. The molecule has 4 aromatic rings. The van der Waals surface area contributed by atoms with Crippen molar-refractivity contribution in [2.45, 2.75) is 37.7 Å². The quantitative estimate of drug-likeness (QED) is 0.472. The van der Waals surface area contributed by atoms with Gasteiger partial charge < -0.3 is 14.6 Å². The summed E-state index contributed by atoms with van der Waals surface area (Å²) in [7, 11) is 1.94. The standard InChI is InChI=1S/C25H27N5OS/c1-29-14-11-26-24(29)21(31)17-9-12-30(13-10-17)23-20-19(16-5-3-2-4-6-16)15-32-25(20)28-22(27-23)18-7-8-18/h2-6,11,14-15,17-18,21,31H,7-10,12-13H2,1H3. The molecular formula is C25H27N5OS. The van der Waals surface area contributed by atoms with E-state index in [0.29, 0.717) is 5.92 Å². The average molecular weight is 446 g/mol. The maximum absolute atomic E-state index is 10.9. The molecule has 1 saturated heterocycles. The Hall–Kier alpha value is -2.77. The highest BCUT2D eigenvalue weighted by Gasteiger charge is 2.32. The van der Waals surface area contributed by atoms with Crippen LogP contribution >= 0.6 is 11.3 Å². The number of thiophene rings is 1. The van der Waals surface area contributed by atoms with Crippen LogP contribution in [0, 0.1) is 5.92 Å². The van der Waals surface area contributed by atoms with Gasteiger partial charge in [-0.1, -0.05) is 30.3 Å². The molecule has 1 unspecified atom stereocenters. The molecule has 1 atom stereocenters. The first-order valence-electron chi connectivity index (χ1n) is 11.4. The number of aromatic nitrogens is 4. The van der Waals surface area contributed by atoms with Crippen LogP contribution in [0.1, 0.15) is 49.4 Å². The summed E-state index contributed by atoms with van der Waals surface area (Å²) in [6.45, 7) is 1.76. The van der Waals surface area contributed by atoms with Crippen LogP contribution in [0.3, 0.4) is 0 Å². The summed E-state index contributed by atoms with van der Waals surface area (Å²) in [6, 6.07) is 10.5. The van der Waals surface area contributed by atoms with E-state index in [2.05, 4.69) is 45.6 Å². The number of hydrogen-bond acceptors (Lipinski definition) is 6. The van der Waals surface area contributed by atoms with Gasteiger partial charge in [-0.05, 0) is 37.2 Å². The molecule has 0 bridgehead atoms. The molecule has 3 aromatic heterocycles. The van der Waals surface area contributed by atoms with Crippen LogP contribution in [-0.2, 0) is 7.05 Å². The number of piperidine rings is 1. The van der Waals surface area contributed by atoms with E-state index in [1.807, 2.05) is 17.8 Å². The zero-order valence-electron chi connectivity index (χ0n) is 18.2. The summed E-state index contributed by atoms with van der Waals surface area (Å²) in [4.78, 5) is 17.9. The van der Waals surface area contributed by atoms with Gasteiger partial charge in [0.15, 0.2) is 0 Å². The number of aliphatic hydroxyl groups is 1. The third kappa shape index (κ3) is 3.49. The van der Waals surface area contributed by atoms with Gasteiger partial charge in [-0.25, -0.2) is 15.0 Å². The van der Waals surface area contributed by atoms with Crippen LogP contribution in [0.5, 0.6) is 0 Å². The smallest absolute Gasteiger partial charge is 0.141 e.